The molecule has 0 bridgehead atoms. The van der Waals surface area contributed by atoms with Crippen LogP contribution in [0.2, 0.25) is 0 Å². The van der Waals surface area contributed by atoms with Gasteiger partial charge in [-0.25, -0.2) is 9.59 Å². The molecule has 7 heteroatoms. The minimum Gasteiger partial charge on any atom is -0.472 e. The largest absolute Gasteiger partial charge is 0.472 e. The van der Waals surface area contributed by atoms with Gasteiger partial charge >= 0.3 is 12.1 Å². The summed E-state index contributed by atoms with van der Waals surface area (Å²) >= 11 is 0. The monoisotopic (exact) mass is 444 g/mol. The van der Waals surface area contributed by atoms with Crippen LogP contribution in [0, 0.1) is 17.8 Å². The number of carbonyl (C=O) groups excluding carboxylic acids is 2. The smallest absolute Gasteiger partial charge is 0.407 e. The minimum atomic E-state index is -1.24. The van der Waals surface area contributed by atoms with Crippen molar-refractivity contribution in [3.63, 3.8) is 0 Å². The van der Waals surface area contributed by atoms with E-state index in [1.54, 1.807) is 0 Å². The third kappa shape index (κ3) is 5.24. The van der Waals surface area contributed by atoms with Crippen molar-refractivity contribution in [2.75, 3.05) is 13.2 Å². The third-order valence-electron chi connectivity index (χ3n) is 5.89. The molecule has 2 atom stereocenters. The lowest BCUT2D eigenvalue weighted by Gasteiger charge is -2.24. The van der Waals surface area contributed by atoms with E-state index in [1.165, 1.54) is 11.1 Å². The van der Waals surface area contributed by atoms with Crippen molar-refractivity contribution in [2.45, 2.75) is 24.8 Å². The molecule has 168 valence electrons. The first-order valence-corrected chi connectivity index (χ1v) is 10.8. The SMILES string of the molecule is O=C(O)C#CCNC(=O)[C@@H]1CC=C[C@@H](NC(=O)OCC2c3ccccc3-c3ccccc32)C1. The first-order valence-electron chi connectivity index (χ1n) is 10.8. The molecule has 7 nitrogen and oxygen atoms in total. The van der Waals surface area contributed by atoms with Gasteiger partial charge in [0.05, 0.1) is 12.6 Å². The molecule has 2 aliphatic carbocycles. The predicted octanol–water partition coefficient (Wildman–Crippen LogP) is 3.06. The summed E-state index contributed by atoms with van der Waals surface area (Å²) in [5, 5.41) is 13.9. The maximum atomic E-state index is 12.5. The van der Waals surface area contributed by atoms with Gasteiger partial charge in [0.2, 0.25) is 5.91 Å². The Morgan fingerprint density at radius 1 is 1.03 bits per heavy atom. The number of carboxylic acid groups (broad SMARTS) is 1. The quantitative estimate of drug-likeness (QED) is 0.486. The van der Waals surface area contributed by atoms with Gasteiger partial charge in [-0.3, -0.25) is 4.79 Å². The van der Waals surface area contributed by atoms with Gasteiger partial charge < -0.3 is 20.5 Å². The summed E-state index contributed by atoms with van der Waals surface area (Å²) in [5.74, 6) is 2.51. The van der Waals surface area contributed by atoms with Crippen molar-refractivity contribution < 1.29 is 24.2 Å². The van der Waals surface area contributed by atoms with Crippen molar-refractivity contribution in [2.24, 2.45) is 5.92 Å². The maximum Gasteiger partial charge on any atom is 0.407 e. The predicted molar refractivity (Wildman–Crippen MR) is 122 cm³/mol. The molecule has 33 heavy (non-hydrogen) atoms. The summed E-state index contributed by atoms with van der Waals surface area (Å²) in [6, 6.07) is 16.0. The van der Waals surface area contributed by atoms with Gasteiger partial charge in [0.15, 0.2) is 0 Å². The van der Waals surface area contributed by atoms with Crippen molar-refractivity contribution in [1.29, 1.82) is 0 Å². The molecule has 2 aliphatic rings. The molecule has 0 aromatic heterocycles. The Labute approximate surface area is 191 Å². The number of carboxylic acids is 1. The number of aliphatic carboxylic acids is 1. The van der Waals surface area contributed by atoms with E-state index in [-0.39, 0.29) is 36.9 Å². The van der Waals surface area contributed by atoms with Crippen LogP contribution in [0.3, 0.4) is 0 Å². The summed E-state index contributed by atoms with van der Waals surface area (Å²) in [4.78, 5) is 35.2. The van der Waals surface area contributed by atoms with E-state index < -0.39 is 12.1 Å². The second-order valence-corrected chi connectivity index (χ2v) is 8.00. The number of benzene rings is 2. The fraction of sp³-hybridized carbons (Fsp3) is 0.269. The Morgan fingerprint density at radius 2 is 1.70 bits per heavy atom. The summed E-state index contributed by atoms with van der Waals surface area (Å²) in [6.07, 6.45) is 4.15. The van der Waals surface area contributed by atoms with Crippen LogP contribution in [0.4, 0.5) is 4.79 Å². The number of carbonyl (C=O) groups is 3. The number of fused-ring (bicyclic) bond motifs is 3. The zero-order valence-corrected chi connectivity index (χ0v) is 17.9. The average molecular weight is 444 g/mol. The van der Waals surface area contributed by atoms with Crippen LogP contribution in [0.25, 0.3) is 11.1 Å². The number of hydrogen-bond donors (Lipinski definition) is 3. The lowest BCUT2D eigenvalue weighted by molar-refractivity contribution is -0.130. The molecule has 0 spiro atoms. The number of hydrogen-bond acceptors (Lipinski definition) is 4. The lowest BCUT2D eigenvalue weighted by Crippen LogP contribution is -2.41. The molecule has 0 unspecified atom stereocenters. The molecule has 0 heterocycles. The van der Waals surface area contributed by atoms with E-state index >= 15 is 0 Å². The maximum absolute atomic E-state index is 12.5. The molecule has 2 aromatic rings. The van der Waals surface area contributed by atoms with E-state index in [0.717, 1.165) is 11.1 Å². The molecular formula is C26H24N2O5. The standard InChI is InChI=1S/C26H24N2O5/c29-24(30)13-6-14-27-25(31)17-7-5-8-18(15-17)28-26(32)33-16-23-21-11-3-1-9-19(21)20-10-2-4-12-22(20)23/h1-5,8-12,17-18,23H,7,14-16H2,(H,27,31)(H,28,32)(H,29,30)/t17-,18-/m1/s1. The zero-order chi connectivity index (χ0) is 23.2. The second kappa shape index (κ2) is 10.0. The van der Waals surface area contributed by atoms with Gasteiger partial charge in [-0.2, -0.15) is 0 Å². The number of ether oxygens (including phenoxy) is 1. The van der Waals surface area contributed by atoms with Gasteiger partial charge in [-0.15, -0.1) is 0 Å². The lowest BCUT2D eigenvalue weighted by atomic mass is 9.90. The fourth-order valence-corrected chi connectivity index (χ4v) is 4.40. The van der Waals surface area contributed by atoms with Gasteiger partial charge in [0.25, 0.3) is 0 Å². The molecular weight excluding hydrogens is 420 g/mol. The van der Waals surface area contributed by atoms with Crippen LogP contribution in [-0.2, 0) is 14.3 Å². The minimum absolute atomic E-state index is 0.0181. The third-order valence-corrected chi connectivity index (χ3v) is 5.89. The highest BCUT2D eigenvalue weighted by molar-refractivity contribution is 5.86. The van der Waals surface area contributed by atoms with Crippen LogP contribution >= 0.6 is 0 Å². The summed E-state index contributed by atoms with van der Waals surface area (Å²) in [7, 11) is 0. The highest BCUT2D eigenvalue weighted by atomic mass is 16.5. The second-order valence-electron chi connectivity index (χ2n) is 8.00. The zero-order valence-electron chi connectivity index (χ0n) is 17.9. The number of alkyl carbamates (subject to hydrolysis) is 1. The van der Waals surface area contributed by atoms with E-state index in [9.17, 15) is 14.4 Å². The number of allylic oxidation sites excluding steroid dienone is 1. The normalized spacial score (nSPS) is 18.3. The average Bonchev–Trinajstić information content (AvgIpc) is 3.14. The summed E-state index contributed by atoms with van der Waals surface area (Å²) in [5.41, 5.74) is 4.62. The van der Waals surface area contributed by atoms with Crippen LogP contribution in [0.15, 0.2) is 60.7 Å². The molecule has 3 N–H and O–H groups in total. The Morgan fingerprint density at radius 3 is 2.36 bits per heavy atom. The molecule has 2 amide bonds. The van der Waals surface area contributed by atoms with Crippen LogP contribution < -0.4 is 10.6 Å². The molecule has 2 aromatic carbocycles. The Balaban J connectivity index is 1.30. The van der Waals surface area contributed by atoms with E-state index in [0.29, 0.717) is 12.8 Å². The van der Waals surface area contributed by atoms with E-state index in [1.807, 2.05) is 42.3 Å². The topological polar surface area (TPSA) is 105 Å². The first-order chi connectivity index (χ1) is 16.0. The van der Waals surface area contributed by atoms with Gasteiger partial charge in [-0.05, 0) is 35.1 Å². The van der Waals surface area contributed by atoms with Crippen LogP contribution in [0.5, 0.6) is 0 Å². The molecule has 0 saturated carbocycles. The van der Waals surface area contributed by atoms with Crippen molar-refractivity contribution >= 4 is 18.0 Å². The molecule has 0 fully saturated rings. The van der Waals surface area contributed by atoms with Gasteiger partial charge in [-0.1, -0.05) is 66.6 Å². The highest BCUT2D eigenvalue weighted by Crippen LogP contribution is 2.44. The molecule has 0 radical (unpaired) electrons. The molecule has 4 rings (SSSR count). The van der Waals surface area contributed by atoms with E-state index in [2.05, 4.69) is 40.8 Å². The van der Waals surface area contributed by atoms with E-state index in [4.69, 9.17) is 9.84 Å². The summed E-state index contributed by atoms with van der Waals surface area (Å²) < 4.78 is 5.58. The Kier molecular flexibility index (Phi) is 6.75. The van der Waals surface area contributed by atoms with Crippen LogP contribution in [-0.4, -0.2) is 42.3 Å². The molecule has 0 aliphatic heterocycles. The number of nitrogens with one attached hydrogen (secondary N) is 2. The van der Waals surface area contributed by atoms with Crippen molar-refractivity contribution in [3.8, 4) is 23.0 Å². The van der Waals surface area contributed by atoms with Gasteiger partial charge in [0, 0.05) is 17.8 Å². The summed E-state index contributed by atoms with van der Waals surface area (Å²) in [6.45, 7) is 0.193. The van der Waals surface area contributed by atoms with Crippen molar-refractivity contribution in [1.82, 2.24) is 10.6 Å². The Hall–Kier alpha value is -4.05. The first kappa shape index (κ1) is 22.2. The molecule has 0 saturated heterocycles. The number of rotatable bonds is 5. The van der Waals surface area contributed by atoms with Gasteiger partial charge in [0.1, 0.15) is 6.61 Å². The Bertz CT molecular complexity index is 1120. The fourth-order valence-electron chi connectivity index (χ4n) is 4.40. The van der Waals surface area contributed by atoms with Crippen molar-refractivity contribution in [3.05, 3.63) is 71.8 Å². The number of amides is 2. The van der Waals surface area contributed by atoms with Crippen LogP contribution in [0.1, 0.15) is 29.9 Å². The highest BCUT2D eigenvalue weighted by Gasteiger charge is 2.30.